The summed E-state index contributed by atoms with van der Waals surface area (Å²) < 4.78 is 83.8. The number of hydrogen-bond acceptors (Lipinski definition) is 1. The molecule has 0 saturated carbocycles. The largest absolute Gasteiger partial charge is 0.573 e. The van der Waals surface area contributed by atoms with Crippen LogP contribution in [0.3, 0.4) is 0 Å². The first kappa shape index (κ1) is 19.3. The van der Waals surface area contributed by atoms with E-state index >= 15 is 0 Å². The molecule has 1 aliphatic rings. The Kier molecular flexibility index (Phi) is 5.22. The van der Waals surface area contributed by atoms with Crippen LogP contribution in [0.5, 0.6) is 5.75 Å². The van der Waals surface area contributed by atoms with Gasteiger partial charge in [-0.2, -0.15) is 0 Å². The van der Waals surface area contributed by atoms with Crippen molar-refractivity contribution in [2.75, 3.05) is 0 Å². The van der Waals surface area contributed by atoms with Gasteiger partial charge in [-0.15, -0.1) is 13.2 Å². The molecule has 0 heterocycles. The normalized spacial score (nSPS) is 14.0. The second-order valence-electron chi connectivity index (χ2n) is 6.35. The van der Waals surface area contributed by atoms with Gasteiger partial charge < -0.3 is 4.74 Å². The molecule has 0 saturated heterocycles. The Labute approximate surface area is 152 Å². The minimum Gasteiger partial charge on any atom is -0.403 e. The third-order valence-electron chi connectivity index (χ3n) is 4.41. The zero-order chi connectivity index (χ0) is 19.8. The summed E-state index contributed by atoms with van der Waals surface area (Å²) >= 11 is 0. The van der Waals surface area contributed by atoms with Crippen LogP contribution in [0, 0.1) is 17.5 Å². The zero-order valence-electron chi connectivity index (χ0n) is 14.4. The first-order valence-corrected chi connectivity index (χ1v) is 8.45. The highest BCUT2D eigenvalue weighted by atomic mass is 19.4. The van der Waals surface area contributed by atoms with Crippen LogP contribution in [-0.4, -0.2) is 6.36 Å². The Balaban J connectivity index is 1.99. The number of benzene rings is 2. The number of ether oxygens (including phenoxy) is 1. The molecule has 3 rings (SSSR count). The summed E-state index contributed by atoms with van der Waals surface area (Å²) in [5.74, 6) is -3.44. The third-order valence-corrected chi connectivity index (χ3v) is 4.41. The molecule has 1 aliphatic carbocycles. The minimum absolute atomic E-state index is 0.0116. The van der Waals surface area contributed by atoms with Gasteiger partial charge in [0.1, 0.15) is 11.6 Å². The van der Waals surface area contributed by atoms with Crippen LogP contribution in [0.4, 0.5) is 26.3 Å². The molecule has 0 spiro atoms. The lowest BCUT2D eigenvalue weighted by Crippen LogP contribution is -2.18. The molecule has 0 aliphatic heterocycles. The fourth-order valence-corrected chi connectivity index (χ4v) is 3.29. The summed E-state index contributed by atoms with van der Waals surface area (Å²) in [5, 5.41) is 0. The predicted octanol–water partition coefficient (Wildman–Crippen LogP) is 6.44. The van der Waals surface area contributed by atoms with Gasteiger partial charge in [-0.25, -0.2) is 13.2 Å². The SMILES string of the molecule is CCCc1cc(F)c(C2=Cc3ccc(OC(F)(F)F)c(F)c3CC2)c(F)c1. The lowest BCUT2D eigenvalue weighted by atomic mass is 9.87. The Bertz CT molecular complexity index is 875. The molecular weight excluding hydrogens is 370 g/mol. The summed E-state index contributed by atoms with van der Waals surface area (Å²) in [6, 6.07) is 4.66. The van der Waals surface area contributed by atoms with Crippen molar-refractivity contribution in [1.82, 2.24) is 0 Å². The van der Waals surface area contributed by atoms with Crippen molar-refractivity contribution < 1.29 is 31.1 Å². The number of aryl methyl sites for hydroxylation is 1. The van der Waals surface area contributed by atoms with Gasteiger partial charge in [-0.05, 0) is 59.7 Å². The molecule has 0 atom stereocenters. The van der Waals surface area contributed by atoms with Gasteiger partial charge in [-0.1, -0.05) is 25.5 Å². The van der Waals surface area contributed by atoms with Crippen molar-refractivity contribution in [1.29, 1.82) is 0 Å². The van der Waals surface area contributed by atoms with E-state index in [1.807, 2.05) is 6.92 Å². The van der Waals surface area contributed by atoms with Gasteiger partial charge in [-0.3, -0.25) is 0 Å². The topological polar surface area (TPSA) is 9.23 Å². The van der Waals surface area contributed by atoms with Crippen molar-refractivity contribution in [3.05, 3.63) is 64.0 Å². The molecular formula is C20H16F6O. The molecule has 144 valence electrons. The second-order valence-corrected chi connectivity index (χ2v) is 6.35. The van der Waals surface area contributed by atoms with Gasteiger partial charge in [0.25, 0.3) is 0 Å². The molecule has 27 heavy (non-hydrogen) atoms. The minimum atomic E-state index is -5.00. The van der Waals surface area contributed by atoms with Crippen LogP contribution in [0.2, 0.25) is 0 Å². The molecule has 0 radical (unpaired) electrons. The number of rotatable bonds is 4. The fourth-order valence-electron chi connectivity index (χ4n) is 3.29. The molecule has 1 nitrogen and oxygen atoms in total. The van der Waals surface area contributed by atoms with Gasteiger partial charge >= 0.3 is 6.36 Å². The summed E-state index contributed by atoms with van der Waals surface area (Å²) in [6.45, 7) is 1.90. The van der Waals surface area contributed by atoms with Crippen LogP contribution in [0.25, 0.3) is 11.6 Å². The van der Waals surface area contributed by atoms with Crippen LogP contribution >= 0.6 is 0 Å². The lowest BCUT2D eigenvalue weighted by molar-refractivity contribution is -0.275. The van der Waals surface area contributed by atoms with E-state index < -0.39 is 29.6 Å². The smallest absolute Gasteiger partial charge is 0.403 e. The Hall–Kier alpha value is -2.44. The standard InChI is InChI=1S/C20H16F6O/c1-2-3-11-8-15(21)18(16(22)9-11)13-4-6-14-12(10-13)5-7-17(19(14)23)27-20(24,25)26/h5,7-10H,2-4,6H2,1H3. The summed E-state index contributed by atoms with van der Waals surface area (Å²) in [5.41, 5.74) is 1.01. The van der Waals surface area contributed by atoms with Crippen LogP contribution in [0.15, 0.2) is 24.3 Å². The number of halogens is 6. The van der Waals surface area contributed by atoms with Crippen molar-refractivity contribution in [3.63, 3.8) is 0 Å². The molecule has 2 aromatic carbocycles. The monoisotopic (exact) mass is 386 g/mol. The molecule has 0 N–H and O–H groups in total. The summed E-state index contributed by atoms with van der Waals surface area (Å²) in [7, 11) is 0. The van der Waals surface area contributed by atoms with Crippen molar-refractivity contribution in [2.24, 2.45) is 0 Å². The van der Waals surface area contributed by atoms with Gasteiger partial charge in [0.2, 0.25) is 0 Å². The van der Waals surface area contributed by atoms with Crippen LogP contribution in [0.1, 0.15) is 42.0 Å². The molecule has 0 amide bonds. The maximum atomic E-state index is 14.4. The van der Waals surface area contributed by atoms with E-state index in [9.17, 15) is 26.3 Å². The number of hydrogen-bond donors (Lipinski definition) is 0. The molecule has 0 unspecified atom stereocenters. The number of allylic oxidation sites excluding steroid dienone is 1. The summed E-state index contributed by atoms with van der Waals surface area (Å²) in [4.78, 5) is 0. The maximum absolute atomic E-state index is 14.4. The van der Waals surface area contributed by atoms with E-state index in [1.165, 1.54) is 24.3 Å². The van der Waals surface area contributed by atoms with E-state index in [1.54, 1.807) is 0 Å². The Morgan fingerprint density at radius 3 is 2.26 bits per heavy atom. The molecule has 2 aromatic rings. The van der Waals surface area contributed by atoms with Gasteiger partial charge in [0.15, 0.2) is 11.6 Å². The first-order chi connectivity index (χ1) is 12.7. The van der Waals surface area contributed by atoms with Crippen molar-refractivity contribution >= 4 is 11.6 Å². The highest BCUT2D eigenvalue weighted by molar-refractivity contribution is 5.85. The lowest BCUT2D eigenvalue weighted by Gasteiger charge is -2.20. The maximum Gasteiger partial charge on any atom is 0.573 e. The van der Waals surface area contributed by atoms with Crippen molar-refractivity contribution in [2.45, 2.75) is 39.0 Å². The van der Waals surface area contributed by atoms with Crippen LogP contribution in [-0.2, 0) is 12.8 Å². The van der Waals surface area contributed by atoms with Crippen molar-refractivity contribution in [3.8, 4) is 5.75 Å². The second kappa shape index (κ2) is 7.29. The van der Waals surface area contributed by atoms with E-state index in [2.05, 4.69) is 4.74 Å². The van der Waals surface area contributed by atoms with Gasteiger partial charge in [0.05, 0.1) is 0 Å². The third kappa shape index (κ3) is 4.12. The Morgan fingerprint density at radius 1 is 1.00 bits per heavy atom. The van der Waals surface area contributed by atoms with Gasteiger partial charge in [0, 0.05) is 5.56 Å². The van der Waals surface area contributed by atoms with E-state index in [-0.39, 0.29) is 29.5 Å². The van der Waals surface area contributed by atoms with E-state index in [0.717, 1.165) is 12.5 Å². The molecule has 0 bridgehead atoms. The van der Waals surface area contributed by atoms with E-state index in [0.29, 0.717) is 17.6 Å². The molecule has 0 aromatic heterocycles. The predicted molar refractivity (Wildman–Crippen MR) is 89.6 cm³/mol. The fraction of sp³-hybridized carbons (Fsp3) is 0.300. The van der Waals surface area contributed by atoms with E-state index in [4.69, 9.17) is 0 Å². The summed E-state index contributed by atoms with van der Waals surface area (Å²) in [6.07, 6.45) is -2.20. The quantitative estimate of drug-likeness (QED) is 0.550. The molecule has 7 heteroatoms. The average Bonchev–Trinajstić information content (AvgIpc) is 2.56. The molecule has 0 fully saturated rings. The highest BCUT2D eigenvalue weighted by Gasteiger charge is 2.33. The number of fused-ring (bicyclic) bond motifs is 1. The zero-order valence-corrected chi connectivity index (χ0v) is 14.4. The highest BCUT2D eigenvalue weighted by Crippen LogP contribution is 2.37. The Morgan fingerprint density at radius 2 is 1.67 bits per heavy atom. The van der Waals surface area contributed by atoms with Crippen LogP contribution < -0.4 is 4.74 Å². The average molecular weight is 386 g/mol. The first-order valence-electron chi connectivity index (χ1n) is 8.45. The number of alkyl halides is 3.